The molecule has 0 aliphatic carbocycles. The molecule has 0 saturated carbocycles. The Hall–Kier alpha value is -3.60. The number of nitrogens with zero attached hydrogens (tertiary/aromatic N) is 6. The summed E-state index contributed by atoms with van der Waals surface area (Å²) in [5.41, 5.74) is 3.45. The van der Waals surface area contributed by atoms with E-state index in [1.165, 1.54) is 12.1 Å². The van der Waals surface area contributed by atoms with Crippen molar-refractivity contribution in [3.63, 3.8) is 0 Å². The second-order valence-corrected chi connectivity index (χ2v) is 10.7. The number of aryl methyl sites for hydroxylation is 1. The van der Waals surface area contributed by atoms with Gasteiger partial charge in [0.1, 0.15) is 5.82 Å². The monoisotopic (exact) mass is 495 g/mol. The first-order valence-corrected chi connectivity index (χ1v) is 13.4. The minimum absolute atomic E-state index is 0.0680. The molecule has 11 heteroatoms. The normalized spacial score (nSPS) is 15.0. The first-order valence-electron chi connectivity index (χ1n) is 11.5. The van der Waals surface area contributed by atoms with E-state index in [-0.39, 0.29) is 16.5 Å². The molecule has 35 heavy (non-hydrogen) atoms. The molecule has 0 unspecified atom stereocenters. The molecule has 1 aromatic carbocycles. The van der Waals surface area contributed by atoms with Crippen molar-refractivity contribution in [2.75, 3.05) is 29.6 Å². The van der Waals surface area contributed by atoms with E-state index in [4.69, 9.17) is 0 Å². The number of piperidine rings is 1. The standard InChI is InChI=1S/C24H26FN7O2S/c1-3-16-13-27-24(28-14-16)31-10-7-17(8-11-31)22-15-26-23-21(6-9-29-32(22)23)30-20-5-4-18(12-19(20)25)35(2,33)34/h4-6,9,12-15,17,30H,3,7-8,10-11H2,1-2H3. The molecule has 1 N–H and O–H groups in total. The molecular formula is C24H26FN7O2S. The number of rotatable bonds is 6. The van der Waals surface area contributed by atoms with Gasteiger partial charge in [0.05, 0.1) is 34.4 Å². The Bertz CT molecular complexity index is 1460. The Morgan fingerprint density at radius 3 is 2.46 bits per heavy atom. The first kappa shape index (κ1) is 23.2. The number of hydrogen-bond acceptors (Lipinski definition) is 8. The quantitative estimate of drug-likeness (QED) is 0.431. The molecule has 182 valence electrons. The van der Waals surface area contributed by atoms with Gasteiger partial charge >= 0.3 is 0 Å². The molecule has 3 aromatic heterocycles. The second kappa shape index (κ2) is 9.21. The van der Waals surface area contributed by atoms with E-state index in [1.54, 1.807) is 16.8 Å². The van der Waals surface area contributed by atoms with E-state index in [0.29, 0.717) is 11.3 Å². The highest BCUT2D eigenvalue weighted by atomic mass is 32.2. The van der Waals surface area contributed by atoms with Crippen LogP contribution in [0.5, 0.6) is 0 Å². The van der Waals surface area contributed by atoms with Gasteiger partial charge in [-0.3, -0.25) is 0 Å². The van der Waals surface area contributed by atoms with Crippen molar-refractivity contribution in [2.45, 2.75) is 37.0 Å². The third-order valence-electron chi connectivity index (χ3n) is 6.36. The van der Waals surface area contributed by atoms with Gasteiger partial charge in [0.2, 0.25) is 5.95 Å². The zero-order valence-electron chi connectivity index (χ0n) is 19.5. The van der Waals surface area contributed by atoms with Crippen molar-refractivity contribution in [3.05, 3.63) is 66.1 Å². The van der Waals surface area contributed by atoms with Crippen LogP contribution in [0.2, 0.25) is 0 Å². The van der Waals surface area contributed by atoms with Crippen LogP contribution in [0.25, 0.3) is 5.65 Å². The summed E-state index contributed by atoms with van der Waals surface area (Å²) in [4.78, 5) is 15.7. The maximum atomic E-state index is 14.6. The third-order valence-corrected chi connectivity index (χ3v) is 7.47. The van der Waals surface area contributed by atoms with Gasteiger partial charge in [-0.05, 0) is 49.1 Å². The van der Waals surface area contributed by atoms with Crippen LogP contribution in [-0.2, 0) is 16.3 Å². The number of fused-ring (bicyclic) bond motifs is 1. The molecule has 4 aromatic rings. The number of halogens is 1. The fraction of sp³-hybridized carbons (Fsp3) is 0.333. The highest BCUT2D eigenvalue weighted by Gasteiger charge is 2.25. The molecule has 0 bridgehead atoms. The summed E-state index contributed by atoms with van der Waals surface area (Å²) in [7, 11) is -3.49. The number of aromatic nitrogens is 5. The van der Waals surface area contributed by atoms with E-state index in [0.717, 1.165) is 61.9 Å². The maximum Gasteiger partial charge on any atom is 0.225 e. The van der Waals surface area contributed by atoms with Gasteiger partial charge in [-0.2, -0.15) is 5.10 Å². The number of hydrogen-bond donors (Lipinski definition) is 1. The molecule has 0 spiro atoms. The Labute approximate surface area is 203 Å². The summed E-state index contributed by atoms with van der Waals surface area (Å²) in [6, 6.07) is 5.52. The molecule has 4 heterocycles. The van der Waals surface area contributed by atoms with Crippen molar-refractivity contribution in [3.8, 4) is 0 Å². The van der Waals surface area contributed by atoms with Crippen molar-refractivity contribution >= 4 is 32.8 Å². The topological polar surface area (TPSA) is 105 Å². The predicted molar refractivity (Wildman–Crippen MR) is 131 cm³/mol. The second-order valence-electron chi connectivity index (χ2n) is 8.71. The number of imidazole rings is 1. The van der Waals surface area contributed by atoms with Gasteiger partial charge in [0, 0.05) is 37.7 Å². The Morgan fingerprint density at radius 2 is 1.80 bits per heavy atom. The summed E-state index contributed by atoms with van der Waals surface area (Å²) >= 11 is 0. The van der Waals surface area contributed by atoms with Gasteiger partial charge in [0.25, 0.3) is 0 Å². The van der Waals surface area contributed by atoms with Crippen molar-refractivity contribution in [1.29, 1.82) is 0 Å². The molecule has 0 radical (unpaired) electrons. The van der Waals surface area contributed by atoms with E-state index >= 15 is 0 Å². The molecule has 0 amide bonds. The smallest absolute Gasteiger partial charge is 0.225 e. The highest BCUT2D eigenvalue weighted by Crippen LogP contribution is 2.31. The predicted octanol–water partition coefficient (Wildman–Crippen LogP) is 3.75. The minimum Gasteiger partial charge on any atom is -0.350 e. The summed E-state index contributed by atoms with van der Waals surface area (Å²) in [5.74, 6) is 0.369. The molecule has 1 saturated heterocycles. The SMILES string of the molecule is CCc1cnc(N2CCC(c3cnc4c(Nc5ccc(S(C)(=O)=O)cc5F)ccnn34)CC2)nc1. The van der Waals surface area contributed by atoms with Gasteiger partial charge in [-0.15, -0.1) is 0 Å². The number of benzene rings is 1. The summed E-state index contributed by atoms with van der Waals surface area (Å²) in [6.07, 6.45) is 11.0. The molecule has 5 rings (SSSR count). The van der Waals surface area contributed by atoms with E-state index in [9.17, 15) is 12.8 Å². The average Bonchev–Trinajstić information content (AvgIpc) is 3.30. The Morgan fingerprint density at radius 1 is 1.06 bits per heavy atom. The third kappa shape index (κ3) is 4.68. The summed E-state index contributed by atoms with van der Waals surface area (Å²) in [6.45, 7) is 3.75. The number of nitrogens with one attached hydrogen (secondary N) is 1. The number of anilines is 3. The van der Waals surface area contributed by atoms with Crippen LogP contribution < -0.4 is 10.2 Å². The average molecular weight is 496 g/mol. The van der Waals surface area contributed by atoms with Gasteiger partial charge in [0.15, 0.2) is 15.5 Å². The van der Waals surface area contributed by atoms with Crippen LogP contribution in [0.1, 0.15) is 36.9 Å². The Balaban J connectivity index is 1.34. The fourth-order valence-electron chi connectivity index (χ4n) is 4.33. The molecule has 9 nitrogen and oxygen atoms in total. The van der Waals surface area contributed by atoms with Crippen LogP contribution in [0.4, 0.5) is 21.7 Å². The van der Waals surface area contributed by atoms with Crippen molar-refractivity contribution in [2.24, 2.45) is 0 Å². The van der Waals surface area contributed by atoms with Gasteiger partial charge < -0.3 is 10.2 Å². The summed E-state index contributed by atoms with van der Waals surface area (Å²) in [5, 5.41) is 7.52. The minimum atomic E-state index is -3.49. The lowest BCUT2D eigenvalue weighted by atomic mass is 9.94. The van der Waals surface area contributed by atoms with Crippen LogP contribution >= 0.6 is 0 Å². The molecule has 0 atom stereocenters. The zero-order chi connectivity index (χ0) is 24.6. The number of sulfone groups is 1. The molecular weight excluding hydrogens is 469 g/mol. The first-order chi connectivity index (χ1) is 16.8. The molecule has 1 aliphatic rings. The summed E-state index contributed by atoms with van der Waals surface area (Å²) < 4.78 is 39.8. The van der Waals surface area contributed by atoms with Crippen LogP contribution in [-0.4, -0.2) is 52.3 Å². The van der Waals surface area contributed by atoms with Gasteiger partial charge in [-0.25, -0.2) is 32.3 Å². The van der Waals surface area contributed by atoms with E-state index in [2.05, 4.69) is 37.2 Å². The zero-order valence-corrected chi connectivity index (χ0v) is 20.3. The molecule has 1 fully saturated rings. The van der Waals surface area contributed by atoms with E-state index in [1.807, 2.05) is 18.6 Å². The Kier molecular flexibility index (Phi) is 6.10. The maximum absolute atomic E-state index is 14.6. The van der Waals surface area contributed by atoms with Crippen molar-refractivity contribution < 1.29 is 12.8 Å². The highest BCUT2D eigenvalue weighted by molar-refractivity contribution is 7.90. The lowest BCUT2D eigenvalue weighted by Crippen LogP contribution is -2.34. The lowest BCUT2D eigenvalue weighted by Gasteiger charge is -2.31. The van der Waals surface area contributed by atoms with E-state index < -0.39 is 15.7 Å². The van der Waals surface area contributed by atoms with Crippen LogP contribution in [0, 0.1) is 5.82 Å². The van der Waals surface area contributed by atoms with Crippen LogP contribution in [0.15, 0.2) is 53.9 Å². The fourth-order valence-corrected chi connectivity index (χ4v) is 4.96. The van der Waals surface area contributed by atoms with Crippen LogP contribution in [0.3, 0.4) is 0 Å². The largest absolute Gasteiger partial charge is 0.350 e. The van der Waals surface area contributed by atoms with Crippen molar-refractivity contribution in [1.82, 2.24) is 24.6 Å². The van der Waals surface area contributed by atoms with Gasteiger partial charge in [-0.1, -0.05) is 6.92 Å². The lowest BCUT2D eigenvalue weighted by molar-refractivity contribution is 0.484. The molecule has 1 aliphatic heterocycles.